The first-order valence-corrected chi connectivity index (χ1v) is 11.7. The first-order chi connectivity index (χ1) is 15.3. The van der Waals surface area contributed by atoms with E-state index in [0.29, 0.717) is 32.0 Å². The largest absolute Gasteiger partial charge is 0.462 e. The molecule has 2 amide bonds. The molecule has 0 aliphatic carbocycles. The van der Waals surface area contributed by atoms with Crippen molar-refractivity contribution in [2.45, 2.75) is 44.8 Å². The minimum atomic E-state index is -0.416. The monoisotopic (exact) mass is 446 g/mol. The van der Waals surface area contributed by atoms with Crippen molar-refractivity contribution < 1.29 is 18.7 Å². The molecule has 0 N–H and O–H groups in total. The molecule has 2 atom stereocenters. The number of piperazine rings is 1. The van der Waals surface area contributed by atoms with Gasteiger partial charge in [0.25, 0.3) is 0 Å². The maximum Gasteiger partial charge on any atom is 0.319 e. The van der Waals surface area contributed by atoms with Crippen LogP contribution in [-0.2, 0) is 9.53 Å². The fourth-order valence-electron chi connectivity index (χ4n) is 5.34. The third-order valence-corrected chi connectivity index (χ3v) is 7.39. The van der Waals surface area contributed by atoms with E-state index in [-0.39, 0.29) is 23.9 Å². The molecular formula is C24H35FN4O3. The Morgan fingerprint density at radius 3 is 2.47 bits per heavy atom. The third-order valence-electron chi connectivity index (χ3n) is 7.39. The van der Waals surface area contributed by atoms with Gasteiger partial charge in [-0.15, -0.1) is 0 Å². The zero-order valence-corrected chi connectivity index (χ0v) is 19.4. The molecule has 3 aliphatic heterocycles. The number of benzene rings is 1. The van der Waals surface area contributed by atoms with E-state index in [1.165, 1.54) is 12.1 Å². The van der Waals surface area contributed by atoms with Gasteiger partial charge in [-0.2, -0.15) is 0 Å². The highest BCUT2D eigenvalue weighted by Crippen LogP contribution is 2.44. The lowest BCUT2D eigenvalue weighted by atomic mass is 9.76. The van der Waals surface area contributed by atoms with Crippen LogP contribution in [0.1, 0.15) is 32.6 Å². The summed E-state index contributed by atoms with van der Waals surface area (Å²) >= 11 is 0. The van der Waals surface area contributed by atoms with Gasteiger partial charge in [0.2, 0.25) is 0 Å². The van der Waals surface area contributed by atoms with E-state index >= 15 is 0 Å². The van der Waals surface area contributed by atoms with Crippen LogP contribution in [0, 0.1) is 11.2 Å². The van der Waals surface area contributed by atoms with Crippen molar-refractivity contribution in [3.8, 4) is 0 Å². The second-order valence-corrected chi connectivity index (χ2v) is 9.77. The molecule has 4 rings (SSSR count). The lowest BCUT2D eigenvalue weighted by Gasteiger charge is -2.41. The van der Waals surface area contributed by atoms with Crippen LogP contribution in [0.2, 0.25) is 0 Å². The third kappa shape index (κ3) is 4.70. The smallest absolute Gasteiger partial charge is 0.319 e. The molecule has 0 aromatic heterocycles. The number of amides is 2. The number of urea groups is 1. The molecule has 0 unspecified atom stereocenters. The van der Waals surface area contributed by atoms with Gasteiger partial charge in [-0.1, -0.05) is 0 Å². The predicted molar refractivity (Wildman–Crippen MR) is 121 cm³/mol. The fourth-order valence-corrected chi connectivity index (χ4v) is 5.34. The van der Waals surface area contributed by atoms with Gasteiger partial charge in [-0.3, -0.25) is 9.69 Å². The number of likely N-dealkylation sites (tertiary alicyclic amines) is 1. The number of piperidine rings is 1. The summed E-state index contributed by atoms with van der Waals surface area (Å²) in [6, 6.07) is 7.09. The molecule has 0 radical (unpaired) electrons. The summed E-state index contributed by atoms with van der Waals surface area (Å²) in [7, 11) is 3.51. The summed E-state index contributed by atoms with van der Waals surface area (Å²) < 4.78 is 19.0. The molecule has 3 saturated heterocycles. The van der Waals surface area contributed by atoms with Gasteiger partial charge in [0.05, 0.1) is 5.41 Å². The number of carbonyl (C=O) groups is 2. The fraction of sp³-hybridized carbons (Fsp3) is 0.667. The van der Waals surface area contributed by atoms with E-state index in [4.69, 9.17) is 4.74 Å². The summed E-state index contributed by atoms with van der Waals surface area (Å²) in [6.07, 6.45) is 2.94. The molecule has 0 bridgehead atoms. The van der Waals surface area contributed by atoms with Crippen LogP contribution in [-0.4, -0.2) is 92.2 Å². The van der Waals surface area contributed by atoms with Crippen LogP contribution in [0.15, 0.2) is 24.3 Å². The number of hydrogen-bond acceptors (Lipinski definition) is 5. The number of anilines is 1. The SMILES string of the molecule is C[C@H]1CN(c2ccc(F)cc2)CCN1CC[C@H]1CC2(CCN(C(=O)N(C)C)CC2)C(=O)O1. The van der Waals surface area contributed by atoms with Gasteiger partial charge in [0.15, 0.2) is 0 Å². The van der Waals surface area contributed by atoms with Crippen LogP contribution in [0.4, 0.5) is 14.9 Å². The van der Waals surface area contributed by atoms with Gasteiger partial charge < -0.3 is 19.4 Å². The average molecular weight is 447 g/mol. The van der Waals surface area contributed by atoms with Gasteiger partial charge in [0.1, 0.15) is 11.9 Å². The molecule has 3 fully saturated rings. The Morgan fingerprint density at radius 2 is 1.84 bits per heavy atom. The first kappa shape index (κ1) is 22.8. The van der Waals surface area contributed by atoms with E-state index in [1.54, 1.807) is 19.0 Å². The maximum atomic E-state index is 13.2. The number of carbonyl (C=O) groups excluding carboxylic acids is 2. The molecule has 7 nitrogen and oxygen atoms in total. The van der Waals surface area contributed by atoms with Crippen molar-refractivity contribution in [1.82, 2.24) is 14.7 Å². The minimum Gasteiger partial charge on any atom is -0.462 e. The van der Waals surface area contributed by atoms with Crippen LogP contribution in [0.25, 0.3) is 0 Å². The zero-order chi connectivity index (χ0) is 22.9. The Bertz CT molecular complexity index is 823. The zero-order valence-electron chi connectivity index (χ0n) is 19.4. The predicted octanol–water partition coefficient (Wildman–Crippen LogP) is 2.81. The van der Waals surface area contributed by atoms with Gasteiger partial charge in [0, 0.05) is 71.5 Å². The minimum absolute atomic E-state index is 0.0107. The van der Waals surface area contributed by atoms with Crippen molar-refractivity contribution >= 4 is 17.7 Å². The highest BCUT2D eigenvalue weighted by Gasteiger charge is 2.50. The second-order valence-electron chi connectivity index (χ2n) is 9.77. The Labute approximate surface area is 190 Å². The Hall–Kier alpha value is -2.35. The molecule has 1 spiro atoms. The standard InChI is InChI=1S/C24H35FN4O3/c1-18-17-29(20-6-4-19(25)5-7-20)15-14-27(18)11-8-21-16-24(22(30)32-21)9-12-28(13-10-24)23(31)26(2)3/h4-7,18,21H,8-17H2,1-3H3/t18-,21-/m0/s1. The number of ether oxygens (including phenoxy) is 1. The van der Waals surface area contributed by atoms with Gasteiger partial charge >= 0.3 is 12.0 Å². The Kier molecular flexibility index (Phi) is 6.60. The summed E-state index contributed by atoms with van der Waals surface area (Å²) in [5, 5.41) is 0. The highest BCUT2D eigenvalue weighted by molar-refractivity contribution is 5.80. The van der Waals surface area contributed by atoms with Crippen LogP contribution in [0.3, 0.4) is 0 Å². The molecule has 1 aromatic rings. The van der Waals surface area contributed by atoms with Crippen molar-refractivity contribution in [2.24, 2.45) is 5.41 Å². The second kappa shape index (κ2) is 9.25. The van der Waals surface area contributed by atoms with E-state index in [1.807, 2.05) is 17.0 Å². The Balaban J connectivity index is 1.25. The quantitative estimate of drug-likeness (QED) is 0.666. The van der Waals surface area contributed by atoms with Crippen molar-refractivity contribution in [3.05, 3.63) is 30.1 Å². The number of nitrogens with zero attached hydrogens (tertiary/aromatic N) is 4. The number of hydrogen-bond donors (Lipinski definition) is 0. The highest BCUT2D eigenvalue weighted by atomic mass is 19.1. The topological polar surface area (TPSA) is 56.3 Å². The van der Waals surface area contributed by atoms with Crippen LogP contribution in [0.5, 0.6) is 0 Å². The van der Waals surface area contributed by atoms with Crippen molar-refractivity contribution in [1.29, 1.82) is 0 Å². The summed E-state index contributed by atoms with van der Waals surface area (Å²) in [4.78, 5) is 33.1. The summed E-state index contributed by atoms with van der Waals surface area (Å²) in [6.45, 7) is 7.08. The van der Waals surface area contributed by atoms with Gasteiger partial charge in [-0.25, -0.2) is 9.18 Å². The molecular weight excluding hydrogens is 411 g/mol. The molecule has 8 heteroatoms. The van der Waals surface area contributed by atoms with Crippen LogP contribution < -0.4 is 4.90 Å². The van der Waals surface area contributed by atoms with E-state index < -0.39 is 5.41 Å². The molecule has 3 aliphatic rings. The lowest BCUT2D eigenvalue weighted by molar-refractivity contribution is -0.150. The van der Waals surface area contributed by atoms with E-state index in [0.717, 1.165) is 44.7 Å². The number of halogens is 1. The lowest BCUT2D eigenvalue weighted by Crippen LogP contribution is -2.52. The molecule has 1 aromatic carbocycles. The number of cyclic esters (lactones) is 1. The van der Waals surface area contributed by atoms with Crippen molar-refractivity contribution in [3.63, 3.8) is 0 Å². The number of rotatable bonds is 4. The summed E-state index contributed by atoms with van der Waals surface area (Å²) in [5.74, 6) is -0.284. The average Bonchev–Trinajstić information content (AvgIpc) is 3.08. The molecule has 0 saturated carbocycles. The summed E-state index contributed by atoms with van der Waals surface area (Å²) in [5.41, 5.74) is 0.643. The van der Waals surface area contributed by atoms with Gasteiger partial charge in [-0.05, 0) is 50.5 Å². The molecule has 32 heavy (non-hydrogen) atoms. The normalized spacial score (nSPS) is 25.8. The van der Waals surface area contributed by atoms with E-state index in [2.05, 4.69) is 16.7 Å². The molecule has 176 valence electrons. The maximum absolute atomic E-state index is 13.2. The Morgan fingerprint density at radius 1 is 1.16 bits per heavy atom. The number of esters is 1. The van der Waals surface area contributed by atoms with Crippen LogP contribution >= 0.6 is 0 Å². The van der Waals surface area contributed by atoms with Crippen molar-refractivity contribution in [2.75, 3.05) is 58.3 Å². The first-order valence-electron chi connectivity index (χ1n) is 11.7. The molecule has 3 heterocycles. The van der Waals surface area contributed by atoms with E-state index in [9.17, 15) is 14.0 Å².